The number of fused-ring (bicyclic) bond motifs is 2. The lowest BCUT2D eigenvalue weighted by atomic mass is 10.0. The molecule has 3 heterocycles. The summed E-state index contributed by atoms with van der Waals surface area (Å²) in [5, 5.41) is 8.24. The summed E-state index contributed by atoms with van der Waals surface area (Å²) >= 11 is 1.55. The third-order valence-corrected chi connectivity index (χ3v) is 5.73. The highest BCUT2D eigenvalue weighted by atomic mass is 32.1. The minimum absolute atomic E-state index is 0.0823. The lowest BCUT2D eigenvalue weighted by Crippen LogP contribution is -2.17. The highest BCUT2D eigenvalue weighted by Crippen LogP contribution is 2.27. The maximum Gasteiger partial charge on any atom is 0.229 e. The average molecular weight is 390 g/mol. The number of hydrogen-bond acceptors (Lipinski definition) is 5. The van der Waals surface area contributed by atoms with E-state index in [2.05, 4.69) is 21.5 Å². The summed E-state index contributed by atoms with van der Waals surface area (Å²) in [4.78, 5) is 17.3. The molecule has 4 aromatic rings. The van der Waals surface area contributed by atoms with Crippen LogP contribution in [0.25, 0.3) is 15.3 Å². The number of hydrogen-bond donors (Lipinski definition) is 1. The number of nitrogens with one attached hydrogen (secondary N) is 1. The zero-order valence-corrected chi connectivity index (χ0v) is 16.1. The molecule has 0 unspecified atom stereocenters. The summed E-state index contributed by atoms with van der Waals surface area (Å²) in [7, 11) is 0. The van der Waals surface area contributed by atoms with E-state index >= 15 is 0 Å². The van der Waals surface area contributed by atoms with Gasteiger partial charge in [0.25, 0.3) is 0 Å². The van der Waals surface area contributed by atoms with Gasteiger partial charge in [-0.05, 0) is 35.7 Å². The number of anilines is 1. The third-order valence-electron chi connectivity index (χ3n) is 4.71. The molecule has 1 amide bonds. The Morgan fingerprint density at radius 3 is 2.93 bits per heavy atom. The zero-order chi connectivity index (χ0) is 19.1. The minimum atomic E-state index is -0.0823. The fourth-order valence-corrected chi connectivity index (χ4v) is 4.32. The van der Waals surface area contributed by atoms with Gasteiger partial charge in [-0.15, -0.1) is 0 Å². The van der Waals surface area contributed by atoms with Crippen LogP contribution in [0.15, 0.2) is 48.5 Å². The van der Waals surface area contributed by atoms with Crippen LogP contribution in [-0.2, 0) is 29.2 Å². The Balaban J connectivity index is 1.38. The summed E-state index contributed by atoms with van der Waals surface area (Å²) in [6.07, 6.45) is 0.303. The molecule has 0 atom stereocenters. The van der Waals surface area contributed by atoms with Gasteiger partial charge >= 0.3 is 0 Å². The third kappa shape index (κ3) is 3.19. The van der Waals surface area contributed by atoms with E-state index in [-0.39, 0.29) is 5.91 Å². The average Bonchev–Trinajstić information content (AvgIpc) is 3.38. The molecular weight excluding hydrogens is 372 g/mol. The van der Waals surface area contributed by atoms with Crippen LogP contribution in [0.5, 0.6) is 0 Å². The van der Waals surface area contributed by atoms with Crippen molar-refractivity contribution in [1.82, 2.24) is 14.8 Å². The van der Waals surface area contributed by atoms with Crippen LogP contribution in [-0.4, -0.2) is 20.7 Å². The number of para-hydroxylation sites is 1. The number of aromatic nitrogens is 3. The van der Waals surface area contributed by atoms with Gasteiger partial charge in [0.2, 0.25) is 11.0 Å². The van der Waals surface area contributed by atoms with E-state index in [1.54, 1.807) is 16.0 Å². The topological polar surface area (TPSA) is 69.0 Å². The number of ether oxygens (including phenoxy) is 1. The molecule has 2 aromatic heterocycles. The molecule has 5 rings (SSSR count). The number of carbonyl (C=O) groups is 1. The van der Waals surface area contributed by atoms with Crippen molar-refractivity contribution in [2.45, 2.75) is 26.6 Å². The van der Waals surface area contributed by atoms with Crippen molar-refractivity contribution in [3.63, 3.8) is 0 Å². The maximum absolute atomic E-state index is 12.6. The van der Waals surface area contributed by atoms with Crippen molar-refractivity contribution in [3.8, 4) is 5.13 Å². The number of rotatable bonds is 4. The molecule has 0 bridgehead atoms. The van der Waals surface area contributed by atoms with E-state index in [9.17, 15) is 4.79 Å². The zero-order valence-electron chi connectivity index (χ0n) is 15.3. The molecule has 140 valence electrons. The predicted molar refractivity (Wildman–Crippen MR) is 109 cm³/mol. The van der Waals surface area contributed by atoms with Crippen molar-refractivity contribution in [2.24, 2.45) is 0 Å². The molecule has 1 N–H and O–H groups in total. The van der Waals surface area contributed by atoms with Gasteiger partial charge in [0, 0.05) is 6.07 Å². The van der Waals surface area contributed by atoms with Gasteiger partial charge in [-0.1, -0.05) is 41.7 Å². The molecule has 7 heteroatoms. The van der Waals surface area contributed by atoms with Crippen LogP contribution in [0.2, 0.25) is 0 Å². The Hall–Kier alpha value is -3.03. The first-order valence-electron chi connectivity index (χ1n) is 9.06. The normalized spacial score (nSPS) is 13.0. The summed E-state index contributed by atoms with van der Waals surface area (Å²) in [6, 6.07) is 15.9. The SMILES string of the molecule is Cc1cc(NC(=O)Cc2ccc3c(c2)COC3)n(-c2nc3ccccc3s2)n1. The number of aryl methyl sites for hydroxylation is 1. The fourth-order valence-electron chi connectivity index (χ4n) is 3.39. The second kappa shape index (κ2) is 6.85. The lowest BCUT2D eigenvalue weighted by molar-refractivity contribution is -0.115. The quantitative estimate of drug-likeness (QED) is 0.572. The Kier molecular flexibility index (Phi) is 4.18. The standard InChI is InChI=1S/C21H18N4O2S/c1-13-8-19(25(24-13)21-22-17-4-2-3-5-18(17)28-21)23-20(26)10-14-6-7-15-11-27-12-16(15)9-14/h2-9H,10-12H2,1H3,(H,23,26). The van der Waals surface area contributed by atoms with Gasteiger partial charge in [0.1, 0.15) is 5.82 Å². The van der Waals surface area contributed by atoms with Crippen LogP contribution in [0.4, 0.5) is 5.82 Å². The molecule has 28 heavy (non-hydrogen) atoms. The number of thiazole rings is 1. The Labute approximate surface area is 165 Å². The van der Waals surface area contributed by atoms with E-state index in [0.29, 0.717) is 25.5 Å². The number of carbonyl (C=O) groups excluding carboxylic acids is 1. The molecule has 0 radical (unpaired) electrons. The molecule has 0 saturated carbocycles. The molecule has 6 nitrogen and oxygen atoms in total. The Morgan fingerprint density at radius 1 is 1.18 bits per heavy atom. The van der Waals surface area contributed by atoms with E-state index in [4.69, 9.17) is 4.74 Å². The van der Waals surface area contributed by atoms with Crippen LogP contribution in [0.3, 0.4) is 0 Å². The summed E-state index contributed by atoms with van der Waals surface area (Å²) in [5.74, 6) is 0.548. The van der Waals surface area contributed by atoms with Gasteiger partial charge in [0.05, 0.1) is 35.5 Å². The van der Waals surface area contributed by atoms with Crippen LogP contribution >= 0.6 is 11.3 Å². The largest absolute Gasteiger partial charge is 0.372 e. The van der Waals surface area contributed by atoms with E-state index < -0.39 is 0 Å². The van der Waals surface area contributed by atoms with Crippen LogP contribution in [0, 0.1) is 6.92 Å². The van der Waals surface area contributed by atoms with Crippen molar-refractivity contribution in [3.05, 3.63) is 70.9 Å². The molecule has 2 aromatic carbocycles. The molecule has 0 fully saturated rings. The molecule has 0 saturated heterocycles. The van der Waals surface area contributed by atoms with Gasteiger partial charge in [-0.2, -0.15) is 9.78 Å². The first kappa shape index (κ1) is 17.1. The van der Waals surface area contributed by atoms with E-state index in [0.717, 1.165) is 26.6 Å². The predicted octanol–water partition coefficient (Wildman–Crippen LogP) is 4.00. The van der Waals surface area contributed by atoms with Gasteiger partial charge in [-0.25, -0.2) is 4.98 Å². The number of nitrogens with zero attached hydrogens (tertiary/aromatic N) is 3. The van der Waals surface area contributed by atoms with E-state index in [1.807, 2.05) is 49.4 Å². The van der Waals surface area contributed by atoms with Gasteiger partial charge in [-0.3, -0.25) is 4.79 Å². The number of amides is 1. The highest BCUT2D eigenvalue weighted by molar-refractivity contribution is 7.20. The highest BCUT2D eigenvalue weighted by Gasteiger charge is 2.16. The Morgan fingerprint density at radius 2 is 2.04 bits per heavy atom. The number of benzene rings is 2. The first-order valence-corrected chi connectivity index (χ1v) is 9.88. The summed E-state index contributed by atoms with van der Waals surface area (Å²) in [5.41, 5.74) is 5.09. The molecule has 0 aliphatic carbocycles. The Bertz CT molecular complexity index is 1160. The molecule has 0 spiro atoms. The van der Waals surface area contributed by atoms with Crippen molar-refractivity contribution < 1.29 is 9.53 Å². The first-order chi connectivity index (χ1) is 13.7. The monoisotopic (exact) mass is 390 g/mol. The molecular formula is C21H18N4O2S. The van der Waals surface area contributed by atoms with Gasteiger partial charge < -0.3 is 10.1 Å². The smallest absolute Gasteiger partial charge is 0.229 e. The van der Waals surface area contributed by atoms with Crippen molar-refractivity contribution in [1.29, 1.82) is 0 Å². The molecule has 1 aliphatic rings. The maximum atomic E-state index is 12.6. The van der Waals surface area contributed by atoms with Crippen LogP contribution < -0.4 is 5.32 Å². The summed E-state index contributed by atoms with van der Waals surface area (Å²) < 4.78 is 8.23. The van der Waals surface area contributed by atoms with Crippen molar-refractivity contribution in [2.75, 3.05) is 5.32 Å². The lowest BCUT2D eigenvalue weighted by Gasteiger charge is -2.07. The van der Waals surface area contributed by atoms with Crippen LogP contribution in [0.1, 0.15) is 22.4 Å². The minimum Gasteiger partial charge on any atom is -0.372 e. The van der Waals surface area contributed by atoms with E-state index in [1.165, 1.54) is 11.1 Å². The summed E-state index contributed by atoms with van der Waals surface area (Å²) in [6.45, 7) is 3.18. The second-order valence-electron chi connectivity index (χ2n) is 6.87. The second-order valence-corrected chi connectivity index (χ2v) is 7.88. The molecule has 1 aliphatic heterocycles. The van der Waals surface area contributed by atoms with Gasteiger partial charge in [0.15, 0.2) is 0 Å². The van der Waals surface area contributed by atoms with Crippen molar-refractivity contribution >= 4 is 33.3 Å². The fraction of sp³-hybridized carbons (Fsp3) is 0.190.